The van der Waals surface area contributed by atoms with E-state index in [0.29, 0.717) is 0 Å². The van der Waals surface area contributed by atoms with Gasteiger partial charge in [0.25, 0.3) is 6.43 Å². The summed E-state index contributed by atoms with van der Waals surface area (Å²) < 4.78 is 61.1. The van der Waals surface area contributed by atoms with E-state index >= 15 is 0 Å². The smallest absolute Gasteiger partial charge is 0.391 e. The van der Waals surface area contributed by atoms with Gasteiger partial charge >= 0.3 is 6.18 Å². The summed E-state index contributed by atoms with van der Waals surface area (Å²) in [6, 6.07) is 0.136. The molecule has 0 radical (unpaired) electrons. The van der Waals surface area contributed by atoms with Crippen molar-refractivity contribution in [1.82, 2.24) is 4.98 Å². The molecule has 1 aromatic rings. The van der Waals surface area contributed by atoms with Gasteiger partial charge in [0.1, 0.15) is 5.69 Å². The van der Waals surface area contributed by atoms with E-state index in [1.807, 2.05) is 0 Å². The lowest BCUT2D eigenvalue weighted by atomic mass is 10.1. The number of pyridine rings is 1. The minimum Gasteiger partial charge on any atom is -0.391 e. The Labute approximate surface area is 85.5 Å². The van der Waals surface area contributed by atoms with Gasteiger partial charge in [-0.3, -0.25) is 4.79 Å². The molecule has 0 saturated heterocycles. The van der Waals surface area contributed by atoms with E-state index in [9.17, 15) is 26.7 Å². The number of H-pyrrole nitrogens is 1. The average molecular weight is 243 g/mol. The van der Waals surface area contributed by atoms with E-state index in [1.165, 1.54) is 4.98 Å². The molecule has 0 aliphatic carbocycles. The molecule has 0 bridgehead atoms. The SMILES string of the molecule is O=c1cc(C(F)(F)F)[nH]c(C(F)F)c1CO. The molecule has 0 saturated carbocycles. The van der Waals surface area contributed by atoms with Crippen LogP contribution in [0, 0.1) is 0 Å². The monoisotopic (exact) mass is 243 g/mol. The summed E-state index contributed by atoms with van der Waals surface area (Å²) in [4.78, 5) is 12.4. The zero-order valence-electron chi connectivity index (χ0n) is 7.61. The van der Waals surface area contributed by atoms with Crippen LogP contribution in [0.4, 0.5) is 22.0 Å². The number of aromatic amines is 1. The van der Waals surface area contributed by atoms with E-state index < -0.39 is 41.6 Å². The molecule has 16 heavy (non-hydrogen) atoms. The van der Waals surface area contributed by atoms with Crippen LogP contribution < -0.4 is 5.43 Å². The molecule has 0 unspecified atom stereocenters. The van der Waals surface area contributed by atoms with E-state index in [2.05, 4.69) is 0 Å². The second-order valence-electron chi connectivity index (χ2n) is 2.90. The molecule has 0 aliphatic heterocycles. The van der Waals surface area contributed by atoms with E-state index in [1.54, 1.807) is 0 Å². The maximum absolute atomic E-state index is 12.3. The molecule has 1 heterocycles. The van der Waals surface area contributed by atoms with Gasteiger partial charge in [-0.1, -0.05) is 0 Å². The molecule has 8 heteroatoms. The van der Waals surface area contributed by atoms with Crippen molar-refractivity contribution in [3.05, 3.63) is 33.2 Å². The highest BCUT2D eigenvalue weighted by molar-refractivity contribution is 5.24. The van der Waals surface area contributed by atoms with Crippen LogP contribution in [0.2, 0.25) is 0 Å². The van der Waals surface area contributed by atoms with Crippen LogP contribution >= 0.6 is 0 Å². The Morgan fingerprint density at radius 2 is 1.94 bits per heavy atom. The average Bonchev–Trinajstić information content (AvgIpc) is 2.14. The van der Waals surface area contributed by atoms with Gasteiger partial charge in [-0.2, -0.15) is 13.2 Å². The van der Waals surface area contributed by atoms with E-state index in [4.69, 9.17) is 5.11 Å². The van der Waals surface area contributed by atoms with Crippen molar-refractivity contribution in [1.29, 1.82) is 0 Å². The fourth-order valence-corrected chi connectivity index (χ4v) is 1.11. The van der Waals surface area contributed by atoms with Crippen LogP contribution in [0.1, 0.15) is 23.4 Å². The Bertz CT molecular complexity index is 437. The van der Waals surface area contributed by atoms with Crippen LogP contribution in [-0.2, 0) is 12.8 Å². The van der Waals surface area contributed by atoms with E-state index in [-0.39, 0.29) is 6.07 Å². The highest BCUT2D eigenvalue weighted by Gasteiger charge is 2.34. The first kappa shape index (κ1) is 12.6. The van der Waals surface area contributed by atoms with Crippen LogP contribution in [0.15, 0.2) is 10.9 Å². The number of aromatic nitrogens is 1. The second kappa shape index (κ2) is 4.20. The third-order valence-electron chi connectivity index (χ3n) is 1.85. The fraction of sp³-hybridized carbons (Fsp3) is 0.375. The molecule has 0 atom stereocenters. The molecule has 3 nitrogen and oxygen atoms in total. The number of aliphatic hydroxyl groups is 1. The Kier molecular flexibility index (Phi) is 3.32. The molecule has 0 amide bonds. The van der Waals surface area contributed by atoms with Crippen molar-refractivity contribution in [2.45, 2.75) is 19.2 Å². The highest BCUT2D eigenvalue weighted by Crippen LogP contribution is 2.29. The zero-order chi connectivity index (χ0) is 12.5. The predicted octanol–water partition coefficient (Wildman–Crippen LogP) is 1.82. The van der Waals surface area contributed by atoms with Gasteiger partial charge in [-0.25, -0.2) is 8.78 Å². The van der Waals surface area contributed by atoms with Gasteiger partial charge in [0.05, 0.1) is 12.3 Å². The first-order chi connectivity index (χ1) is 7.27. The molecule has 1 aromatic heterocycles. The largest absolute Gasteiger partial charge is 0.431 e. The number of hydrogen-bond acceptors (Lipinski definition) is 2. The number of alkyl halides is 5. The number of hydrogen-bond donors (Lipinski definition) is 2. The summed E-state index contributed by atoms with van der Waals surface area (Å²) in [5.74, 6) is 0. The lowest BCUT2D eigenvalue weighted by Crippen LogP contribution is -2.20. The number of halogens is 5. The van der Waals surface area contributed by atoms with Gasteiger partial charge in [0.15, 0.2) is 5.43 Å². The Balaban J connectivity index is 3.46. The topological polar surface area (TPSA) is 53.1 Å². The minimum absolute atomic E-state index is 0.136. The molecular weight excluding hydrogens is 237 g/mol. The Morgan fingerprint density at radius 3 is 2.31 bits per heavy atom. The first-order valence-electron chi connectivity index (χ1n) is 3.99. The van der Waals surface area contributed by atoms with Crippen molar-refractivity contribution in [2.24, 2.45) is 0 Å². The lowest BCUT2D eigenvalue weighted by Gasteiger charge is -2.11. The molecule has 0 fully saturated rings. The van der Waals surface area contributed by atoms with E-state index in [0.717, 1.165) is 0 Å². The number of nitrogens with one attached hydrogen (secondary N) is 1. The second-order valence-corrected chi connectivity index (χ2v) is 2.90. The van der Waals surface area contributed by atoms with Crippen LogP contribution in [0.5, 0.6) is 0 Å². The zero-order valence-corrected chi connectivity index (χ0v) is 7.61. The quantitative estimate of drug-likeness (QED) is 0.778. The Hall–Kier alpha value is -1.44. The third-order valence-corrected chi connectivity index (χ3v) is 1.85. The molecule has 0 aliphatic rings. The van der Waals surface area contributed by atoms with Crippen LogP contribution in [0.25, 0.3) is 0 Å². The maximum atomic E-state index is 12.3. The summed E-state index contributed by atoms with van der Waals surface area (Å²) in [6.45, 7) is -1.05. The lowest BCUT2D eigenvalue weighted by molar-refractivity contribution is -0.141. The molecule has 0 aromatic carbocycles. The predicted molar refractivity (Wildman–Crippen MR) is 42.9 cm³/mol. The van der Waals surface area contributed by atoms with Crippen LogP contribution in [-0.4, -0.2) is 10.1 Å². The summed E-state index contributed by atoms with van der Waals surface area (Å²) >= 11 is 0. The highest BCUT2D eigenvalue weighted by atomic mass is 19.4. The van der Waals surface area contributed by atoms with Crippen molar-refractivity contribution >= 4 is 0 Å². The third kappa shape index (κ3) is 2.38. The minimum atomic E-state index is -4.92. The van der Waals surface area contributed by atoms with Gasteiger partial charge in [-0.05, 0) is 0 Å². The summed E-state index contributed by atoms with van der Waals surface area (Å²) in [7, 11) is 0. The summed E-state index contributed by atoms with van der Waals surface area (Å²) in [5.41, 5.74) is -4.81. The standard InChI is InChI=1S/C8H6F5NO2/c9-7(10)6-3(2-15)4(16)1-5(14-6)8(11,12)13/h1,7,15H,2H2,(H,14,16). The van der Waals surface area contributed by atoms with Crippen molar-refractivity contribution in [3.63, 3.8) is 0 Å². The van der Waals surface area contributed by atoms with Gasteiger partial charge in [-0.15, -0.1) is 0 Å². The Morgan fingerprint density at radius 1 is 1.38 bits per heavy atom. The molecule has 2 N–H and O–H groups in total. The normalized spacial score (nSPS) is 12.2. The van der Waals surface area contributed by atoms with Crippen molar-refractivity contribution in [3.8, 4) is 0 Å². The molecule has 1 rings (SSSR count). The van der Waals surface area contributed by atoms with Crippen molar-refractivity contribution in [2.75, 3.05) is 0 Å². The van der Waals surface area contributed by atoms with Crippen LogP contribution in [0.3, 0.4) is 0 Å². The molecule has 90 valence electrons. The summed E-state index contributed by atoms with van der Waals surface area (Å²) in [5, 5.41) is 8.61. The van der Waals surface area contributed by atoms with Crippen molar-refractivity contribution < 1.29 is 27.1 Å². The fourth-order valence-electron chi connectivity index (χ4n) is 1.11. The maximum Gasteiger partial charge on any atom is 0.431 e. The first-order valence-corrected chi connectivity index (χ1v) is 3.99. The summed E-state index contributed by atoms with van der Waals surface area (Å²) in [6.07, 6.45) is -8.21. The molecular formula is C8H6F5NO2. The molecule has 0 spiro atoms. The van der Waals surface area contributed by atoms with Gasteiger partial charge in [0, 0.05) is 11.6 Å². The number of rotatable bonds is 2. The van der Waals surface area contributed by atoms with Gasteiger partial charge < -0.3 is 10.1 Å². The van der Waals surface area contributed by atoms with Gasteiger partial charge in [0.2, 0.25) is 0 Å². The number of aliphatic hydroxyl groups excluding tert-OH is 1.